The van der Waals surface area contributed by atoms with Crippen LogP contribution in [-0.4, -0.2) is 35.7 Å². The summed E-state index contributed by atoms with van der Waals surface area (Å²) in [4.78, 5) is 23.1. The first kappa shape index (κ1) is 16.5. The Morgan fingerprint density at radius 3 is 2.73 bits per heavy atom. The summed E-state index contributed by atoms with van der Waals surface area (Å²) in [6.45, 7) is 5.37. The molecule has 0 bridgehead atoms. The third-order valence-corrected chi connectivity index (χ3v) is 4.30. The van der Waals surface area contributed by atoms with Crippen molar-refractivity contribution in [1.82, 2.24) is 5.32 Å². The summed E-state index contributed by atoms with van der Waals surface area (Å²) in [6, 6.07) is 7.16. The van der Waals surface area contributed by atoms with Crippen LogP contribution in [0.25, 0.3) is 0 Å². The van der Waals surface area contributed by atoms with Crippen molar-refractivity contribution in [1.29, 1.82) is 0 Å². The van der Waals surface area contributed by atoms with Crippen molar-refractivity contribution in [3.05, 3.63) is 35.4 Å². The molecule has 0 spiro atoms. The highest BCUT2D eigenvalue weighted by atomic mass is 16.5. The van der Waals surface area contributed by atoms with Crippen LogP contribution in [0.2, 0.25) is 0 Å². The lowest BCUT2D eigenvalue weighted by Gasteiger charge is -2.26. The molecule has 0 radical (unpaired) electrons. The quantitative estimate of drug-likeness (QED) is 0.845. The van der Waals surface area contributed by atoms with Crippen LogP contribution < -0.4 is 5.32 Å². The average Bonchev–Trinajstić information content (AvgIpc) is 2.81. The molecule has 2 rings (SSSR count). The molecule has 1 aliphatic heterocycles. The zero-order valence-electron chi connectivity index (χ0n) is 13.1. The molecule has 1 amide bonds. The molecular formula is C17H23NO4. The molecule has 0 saturated carbocycles. The summed E-state index contributed by atoms with van der Waals surface area (Å²) in [5.74, 6) is -0.716. The number of hydrogen-bond acceptors (Lipinski definition) is 3. The fraction of sp³-hybridized carbons (Fsp3) is 0.529. The van der Waals surface area contributed by atoms with Crippen LogP contribution in [0.4, 0.5) is 0 Å². The van der Waals surface area contributed by atoms with E-state index in [4.69, 9.17) is 9.84 Å². The largest absolute Gasteiger partial charge is 0.481 e. The van der Waals surface area contributed by atoms with Crippen LogP contribution >= 0.6 is 0 Å². The Balaban J connectivity index is 1.99. The summed E-state index contributed by atoms with van der Waals surface area (Å²) >= 11 is 0. The normalized spacial score (nSPS) is 19.8. The number of nitrogens with one attached hydrogen (secondary N) is 1. The third-order valence-electron chi connectivity index (χ3n) is 4.30. The number of rotatable bonds is 6. The number of amides is 1. The highest BCUT2D eigenvalue weighted by Gasteiger charge is 2.35. The van der Waals surface area contributed by atoms with Gasteiger partial charge in [-0.25, -0.2) is 0 Å². The van der Waals surface area contributed by atoms with Gasteiger partial charge < -0.3 is 15.2 Å². The number of carbonyl (C=O) groups excluding carboxylic acids is 1. The van der Waals surface area contributed by atoms with Crippen molar-refractivity contribution in [2.45, 2.75) is 38.7 Å². The maximum absolute atomic E-state index is 12.4. The number of carbonyl (C=O) groups is 2. The first-order valence-corrected chi connectivity index (χ1v) is 7.62. The predicted molar refractivity (Wildman–Crippen MR) is 82.9 cm³/mol. The van der Waals surface area contributed by atoms with E-state index in [0.29, 0.717) is 24.4 Å². The molecule has 0 aliphatic carbocycles. The fourth-order valence-corrected chi connectivity index (χ4v) is 2.79. The van der Waals surface area contributed by atoms with Gasteiger partial charge in [-0.15, -0.1) is 0 Å². The van der Waals surface area contributed by atoms with Gasteiger partial charge >= 0.3 is 5.97 Å². The smallest absolute Gasteiger partial charge is 0.303 e. The first-order chi connectivity index (χ1) is 10.4. The third kappa shape index (κ3) is 4.07. The molecule has 1 heterocycles. The lowest BCUT2D eigenvalue weighted by Crippen LogP contribution is -2.38. The van der Waals surface area contributed by atoms with E-state index in [-0.39, 0.29) is 17.9 Å². The van der Waals surface area contributed by atoms with Crippen LogP contribution in [0.3, 0.4) is 0 Å². The van der Waals surface area contributed by atoms with Crippen molar-refractivity contribution in [2.24, 2.45) is 5.92 Å². The number of carboxylic acids is 1. The molecule has 1 atom stereocenters. The van der Waals surface area contributed by atoms with Gasteiger partial charge in [0.25, 0.3) is 5.91 Å². The minimum Gasteiger partial charge on any atom is -0.481 e. The van der Waals surface area contributed by atoms with E-state index in [9.17, 15) is 9.59 Å². The molecule has 1 aliphatic rings. The standard InChI is InChI=1S/C17H23NO4/c1-17(2)13(9-10-22-17)11-18-16(21)14-6-4-3-5-12(14)7-8-15(19)20/h3-6,13H,7-11H2,1-2H3,(H,18,21)(H,19,20). The highest BCUT2D eigenvalue weighted by molar-refractivity contribution is 5.95. The molecular weight excluding hydrogens is 282 g/mol. The van der Waals surface area contributed by atoms with E-state index >= 15 is 0 Å². The van der Waals surface area contributed by atoms with Gasteiger partial charge in [-0.2, -0.15) is 0 Å². The molecule has 1 aromatic rings. The molecule has 1 saturated heterocycles. The van der Waals surface area contributed by atoms with E-state index in [0.717, 1.165) is 18.6 Å². The van der Waals surface area contributed by atoms with Crippen LogP contribution in [-0.2, 0) is 16.0 Å². The van der Waals surface area contributed by atoms with E-state index in [2.05, 4.69) is 5.32 Å². The van der Waals surface area contributed by atoms with Crippen molar-refractivity contribution < 1.29 is 19.4 Å². The highest BCUT2D eigenvalue weighted by Crippen LogP contribution is 2.30. The second kappa shape index (κ2) is 6.92. The Bertz CT molecular complexity index is 553. The zero-order valence-corrected chi connectivity index (χ0v) is 13.1. The molecule has 0 aromatic heterocycles. The van der Waals surface area contributed by atoms with E-state index < -0.39 is 5.97 Å². The average molecular weight is 305 g/mol. The van der Waals surface area contributed by atoms with Crippen LogP contribution in [0.1, 0.15) is 42.6 Å². The first-order valence-electron chi connectivity index (χ1n) is 7.62. The molecule has 5 heteroatoms. The van der Waals surface area contributed by atoms with Crippen molar-refractivity contribution in [3.63, 3.8) is 0 Å². The maximum Gasteiger partial charge on any atom is 0.303 e. The number of ether oxygens (including phenoxy) is 1. The Morgan fingerprint density at radius 1 is 1.36 bits per heavy atom. The Kier molecular flexibility index (Phi) is 5.19. The lowest BCUT2D eigenvalue weighted by atomic mass is 9.91. The van der Waals surface area contributed by atoms with E-state index in [1.54, 1.807) is 18.2 Å². The van der Waals surface area contributed by atoms with Crippen LogP contribution in [0.15, 0.2) is 24.3 Å². The molecule has 5 nitrogen and oxygen atoms in total. The van der Waals surface area contributed by atoms with Crippen LogP contribution in [0, 0.1) is 5.92 Å². The molecule has 1 aromatic carbocycles. The molecule has 120 valence electrons. The van der Waals surface area contributed by atoms with Gasteiger partial charge in [0.2, 0.25) is 0 Å². The van der Waals surface area contributed by atoms with Crippen molar-refractivity contribution in [3.8, 4) is 0 Å². The SMILES string of the molecule is CC1(C)OCCC1CNC(=O)c1ccccc1CCC(=O)O. The van der Waals surface area contributed by atoms with Gasteiger partial charge in [-0.3, -0.25) is 9.59 Å². The minimum atomic E-state index is -0.861. The minimum absolute atomic E-state index is 0.0216. The Morgan fingerprint density at radius 2 is 2.09 bits per heavy atom. The second-order valence-corrected chi connectivity index (χ2v) is 6.20. The number of hydrogen-bond donors (Lipinski definition) is 2. The molecule has 1 fully saturated rings. The van der Waals surface area contributed by atoms with Gasteiger partial charge in [0.15, 0.2) is 0 Å². The van der Waals surface area contributed by atoms with Gasteiger partial charge in [-0.1, -0.05) is 18.2 Å². The Hall–Kier alpha value is -1.88. The van der Waals surface area contributed by atoms with Gasteiger partial charge in [0.1, 0.15) is 0 Å². The van der Waals surface area contributed by atoms with Crippen LogP contribution in [0.5, 0.6) is 0 Å². The number of benzene rings is 1. The van der Waals surface area contributed by atoms with E-state index in [1.165, 1.54) is 0 Å². The van der Waals surface area contributed by atoms with Gasteiger partial charge in [0.05, 0.1) is 5.60 Å². The summed E-state index contributed by atoms with van der Waals surface area (Å²) in [6.07, 6.45) is 1.32. The summed E-state index contributed by atoms with van der Waals surface area (Å²) in [5, 5.41) is 11.8. The maximum atomic E-state index is 12.4. The zero-order chi connectivity index (χ0) is 16.2. The van der Waals surface area contributed by atoms with Gasteiger partial charge in [-0.05, 0) is 38.3 Å². The van der Waals surface area contributed by atoms with Crippen molar-refractivity contribution >= 4 is 11.9 Å². The van der Waals surface area contributed by atoms with E-state index in [1.807, 2.05) is 19.9 Å². The molecule has 22 heavy (non-hydrogen) atoms. The summed E-state index contributed by atoms with van der Waals surface area (Å²) < 4.78 is 5.66. The summed E-state index contributed by atoms with van der Waals surface area (Å²) in [7, 11) is 0. The Labute approximate surface area is 130 Å². The monoisotopic (exact) mass is 305 g/mol. The van der Waals surface area contributed by atoms with Gasteiger partial charge in [0, 0.05) is 31.1 Å². The number of carboxylic acid groups (broad SMARTS) is 1. The fourth-order valence-electron chi connectivity index (χ4n) is 2.79. The molecule has 1 unspecified atom stereocenters. The number of aryl methyl sites for hydroxylation is 1. The lowest BCUT2D eigenvalue weighted by molar-refractivity contribution is -0.136. The molecule has 2 N–H and O–H groups in total. The predicted octanol–water partition coefficient (Wildman–Crippen LogP) is 2.25. The topological polar surface area (TPSA) is 75.6 Å². The second-order valence-electron chi connectivity index (χ2n) is 6.20. The van der Waals surface area contributed by atoms with Crippen molar-refractivity contribution in [2.75, 3.05) is 13.2 Å². The summed E-state index contributed by atoms with van der Waals surface area (Å²) in [5.41, 5.74) is 1.11. The number of aliphatic carboxylic acids is 1.